The quantitative estimate of drug-likeness (QED) is 0.308. The fourth-order valence-electron chi connectivity index (χ4n) is 7.20. The third-order valence-electron chi connectivity index (χ3n) is 9.88. The lowest BCUT2D eigenvalue weighted by Gasteiger charge is -2.55. The summed E-state index contributed by atoms with van der Waals surface area (Å²) in [6, 6.07) is 21.0. The minimum absolute atomic E-state index is 0.112. The van der Waals surface area contributed by atoms with E-state index in [0.717, 1.165) is 59.7 Å². The van der Waals surface area contributed by atoms with Gasteiger partial charge < -0.3 is 15.2 Å². The molecule has 0 spiro atoms. The second-order valence-electron chi connectivity index (χ2n) is 13.0. The number of aromatic hydroxyl groups is 1. The van der Waals surface area contributed by atoms with Crippen molar-refractivity contribution in [3.05, 3.63) is 82.9 Å². The molecule has 3 aromatic carbocycles. The number of rotatable bonds is 9. The minimum Gasteiger partial charge on any atom is -0.507 e. The topological polar surface area (TPSA) is 61.8 Å². The molecule has 3 aliphatic rings. The number of likely N-dealkylation sites (tertiary alicyclic amines) is 1. The van der Waals surface area contributed by atoms with E-state index in [9.17, 15) is 9.90 Å². The zero-order chi connectivity index (χ0) is 28.7. The van der Waals surface area contributed by atoms with Crippen molar-refractivity contribution in [2.24, 2.45) is 11.8 Å². The Kier molecular flexibility index (Phi) is 7.58. The molecule has 2 bridgehead atoms. The van der Waals surface area contributed by atoms with Gasteiger partial charge in [-0.2, -0.15) is 0 Å². The molecule has 1 aliphatic heterocycles. The molecule has 2 N–H and O–H groups in total. The summed E-state index contributed by atoms with van der Waals surface area (Å²) in [4.78, 5) is 16.0. The molecule has 41 heavy (non-hydrogen) atoms. The standard InChI is InChI=1S/C36H44N2O3/c1-23(2)41-32-8-6-5-7-29(32)27-13-11-25(12-14-27)17-19-37-35(40)30-16-15-28-21-31-24(3)36(4,33(28)34(30)39)18-20-38(31)22-26-9-10-26/h5-8,11-16,23-24,26,31,39H,9-10,17-22H2,1-4H3,(H,37,40). The lowest BCUT2D eigenvalue weighted by molar-refractivity contribution is 0.0271. The summed E-state index contributed by atoms with van der Waals surface area (Å²) in [6.45, 7) is 11.5. The number of hydrogen-bond acceptors (Lipinski definition) is 4. The highest BCUT2D eigenvalue weighted by molar-refractivity contribution is 5.97. The molecular formula is C36H44N2O3. The molecule has 1 heterocycles. The third-order valence-corrected chi connectivity index (χ3v) is 9.88. The van der Waals surface area contributed by atoms with Gasteiger partial charge in [0.25, 0.3) is 5.91 Å². The van der Waals surface area contributed by atoms with E-state index >= 15 is 0 Å². The normalized spacial score (nSPS) is 23.7. The van der Waals surface area contributed by atoms with Crippen molar-refractivity contribution in [1.29, 1.82) is 0 Å². The van der Waals surface area contributed by atoms with Gasteiger partial charge in [0.2, 0.25) is 0 Å². The Bertz CT molecular complexity index is 1410. The van der Waals surface area contributed by atoms with Crippen LogP contribution in [0.25, 0.3) is 11.1 Å². The van der Waals surface area contributed by atoms with Crippen molar-refractivity contribution in [3.8, 4) is 22.6 Å². The van der Waals surface area contributed by atoms with Crippen LogP contribution in [0, 0.1) is 11.8 Å². The molecule has 0 radical (unpaired) electrons. The highest BCUT2D eigenvalue weighted by atomic mass is 16.5. The Morgan fingerprint density at radius 1 is 1.10 bits per heavy atom. The first-order chi connectivity index (χ1) is 19.7. The van der Waals surface area contributed by atoms with Crippen LogP contribution in [-0.2, 0) is 18.3 Å². The highest BCUT2D eigenvalue weighted by Crippen LogP contribution is 2.52. The monoisotopic (exact) mass is 552 g/mol. The zero-order valence-electron chi connectivity index (χ0n) is 25.0. The minimum atomic E-state index is -0.203. The van der Waals surface area contributed by atoms with Crippen LogP contribution in [0.15, 0.2) is 60.7 Å². The zero-order valence-corrected chi connectivity index (χ0v) is 25.0. The van der Waals surface area contributed by atoms with Crippen LogP contribution >= 0.6 is 0 Å². The molecule has 1 saturated carbocycles. The summed E-state index contributed by atoms with van der Waals surface area (Å²) in [5.74, 6) is 2.20. The summed E-state index contributed by atoms with van der Waals surface area (Å²) in [6.07, 6.45) is 5.55. The number of ether oxygens (including phenoxy) is 1. The molecule has 5 nitrogen and oxygen atoms in total. The summed E-state index contributed by atoms with van der Waals surface area (Å²) >= 11 is 0. The van der Waals surface area contributed by atoms with Gasteiger partial charge in [0.15, 0.2) is 0 Å². The predicted molar refractivity (Wildman–Crippen MR) is 165 cm³/mol. The molecule has 2 fully saturated rings. The molecule has 1 amide bonds. The van der Waals surface area contributed by atoms with E-state index in [4.69, 9.17) is 4.74 Å². The molecule has 2 aliphatic carbocycles. The van der Waals surface area contributed by atoms with Gasteiger partial charge in [-0.15, -0.1) is 0 Å². The highest BCUT2D eigenvalue weighted by Gasteiger charge is 2.50. The number of nitrogens with zero attached hydrogens (tertiary/aromatic N) is 1. The number of hydrogen-bond donors (Lipinski definition) is 2. The lowest BCUT2D eigenvalue weighted by atomic mass is 9.58. The first kappa shape index (κ1) is 27.8. The number of para-hydroxylation sites is 1. The second kappa shape index (κ2) is 11.2. The van der Waals surface area contributed by atoms with Gasteiger partial charge in [-0.1, -0.05) is 62.4 Å². The largest absolute Gasteiger partial charge is 0.507 e. The molecule has 3 unspecified atom stereocenters. The lowest BCUT2D eigenvalue weighted by Crippen LogP contribution is -2.58. The molecule has 6 rings (SSSR count). The SMILES string of the molecule is CC(C)Oc1ccccc1-c1ccc(CCNC(=O)c2ccc3c(c2O)C2(C)CCN(CC4CC4)C(C3)C2C)cc1. The maximum atomic E-state index is 13.3. The van der Waals surface area contributed by atoms with E-state index in [1.165, 1.54) is 24.9 Å². The molecular weight excluding hydrogens is 508 g/mol. The van der Waals surface area contributed by atoms with E-state index < -0.39 is 0 Å². The molecule has 1 saturated heterocycles. The van der Waals surface area contributed by atoms with Gasteiger partial charge >= 0.3 is 0 Å². The number of phenols is 1. The van der Waals surface area contributed by atoms with Crippen LogP contribution in [0.5, 0.6) is 11.5 Å². The van der Waals surface area contributed by atoms with Crippen molar-refractivity contribution in [2.45, 2.75) is 77.4 Å². The first-order valence-corrected chi connectivity index (χ1v) is 15.5. The van der Waals surface area contributed by atoms with E-state index in [-0.39, 0.29) is 23.2 Å². The predicted octanol–water partition coefficient (Wildman–Crippen LogP) is 6.75. The fraction of sp³-hybridized carbons (Fsp3) is 0.472. The van der Waals surface area contributed by atoms with Crippen molar-refractivity contribution in [1.82, 2.24) is 10.2 Å². The smallest absolute Gasteiger partial charge is 0.255 e. The Hall–Kier alpha value is -3.31. The van der Waals surface area contributed by atoms with Crippen LogP contribution in [0.2, 0.25) is 0 Å². The number of amides is 1. The van der Waals surface area contributed by atoms with Gasteiger partial charge in [-0.25, -0.2) is 0 Å². The number of nitrogens with one attached hydrogen (secondary N) is 1. The maximum absolute atomic E-state index is 13.3. The van der Waals surface area contributed by atoms with E-state index in [1.807, 2.05) is 38.1 Å². The molecule has 0 aromatic heterocycles. The number of carbonyl (C=O) groups is 1. The van der Waals surface area contributed by atoms with Crippen molar-refractivity contribution < 1.29 is 14.6 Å². The van der Waals surface area contributed by atoms with Gasteiger partial charge in [0.05, 0.1) is 11.7 Å². The van der Waals surface area contributed by atoms with Crippen molar-refractivity contribution in [3.63, 3.8) is 0 Å². The number of fused-ring (bicyclic) bond motifs is 4. The maximum Gasteiger partial charge on any atom is 0.255 e. The fourth-order valence-corrected chi connectivity index (χ4v) is 7.20. The Morgan fingerprint density at radius 3 is 2.59 bits per heavy atom. The summed E-state index contributed by atoms with van der Waals surface area (Å²) in [7, 11) is 0. The molecule has 216 valence electrons. The van der Waals surface area contributed by atoms with E-state index in [2.05, 4.69) is 60.5 Å². The van der Waals surface area contributed by atoms with Gasteiger partial charge in [0.1, 0.15) is 11.5 Å². The van der Waals surface area contributed by atoms with Gasteiger partial charge in [-0.3, -0.25) is 9.69 Å². The average Bonchev–Trinajstić information content (AvgIpc) is 3.77. The summed E-state index contributed by atoms with van der Waals surface area (Å²) < 4.78 is 5.99. The van der Waals surface area contributed by atoms with E-state index in [1.54, 1.807) is 0 Å². The second-order valence-corrected chi connectivity index (χ2v) is 13.0. The average molecular weight is 553 g/mol. The van der Waals surface area contributed by atoms with Crippen LogP contribution in [-0.4, -0.2) is 47.7 Å². The summed E-state index contributed by atoms with van der Waals surface area (Å²) in [5.41, 5.74) is 5.84. The summed E-state index contributed by atoms with van der Waals surface area (Å²) in [5, 5.41) is 14.5. The van der Waals surface area contributed by atoms with Gasteiger partial charge in [0, 0.05) is 35.7 Å². The third kappa shape index (κ3) is 5.49. The number of phenolic OH excluding ortho intramolecular Hbond substituents is 1. The number of carbonyl (C=O) groups excluding carboxylic acids is 1. The molecule has 5 heteroatoms. The van der Waals surface area contributed by atoms with Crippen LogP contribution < -0.4 is 10.1 Å². The Morgan fingerprint density at radius 2 is 1.85 bits per heavy atom. The van der Waals surface area contributed by atoms with Crippen molar-refractivity contribution in [2.75, 3.05) is 19.6 Å². The number of benzene rings is 3. The number of piperidine rings is 1. The van der Waals surface area contributed by atoms with Crippen molar-refractivity contribution >= 4 is 5.91 Å². The Labute approximate surface area is 244 Å². The van der Waals surface area contributed by atoms with Crippen LogP contribution in [0.3, 0.4) is 0 Å². The Balaban J connectivity index is 1.11. The molecule has 3 aromatic rings. The van der Waals surface area contributed by atoms with Crippen LogP contribution in [0.4, 0.5) is 0 Å². The van der Waals surface area contributed by atoms with E-state index in [0.29, 0.717) is 24.1 Å². The molecule has 3 atom stereocenters. The van der Waals surface area contributed by atoms with Crippen LogP contribution in [0.1, 0.15) is 74.0 Å². The van der Waals surface area contributed by atoms with Gasteiger partial charge in [-0.05, 0) is 93.2 Å². The first-order valence-electron chi connectivity index (χ1n) is 15.5.